The van der Waals surface area contributed by atoms with Crippen molar-refractivity contribution in [2.24, 2.45) is 0 Å². The summed E-state index contributed by atoms with van der Waals surface area (Å²) in [7, 11) is 1.93. The number of hydrogen-bond acceptors (Lipinski definition) is 4. The molecule has 0 aliphatic carbocycles. The lowest BCUT2D eigenvalue weighted by molar-refractivity contribution is -0.137. The summed E-state index contributed by atoms with van der Waals surface area (Å²) in [6.07, 6.45) is 6.60. The molecule has 2 rings (SSSR count). The molecule has 1 atom stereocenters. The molecule has 3 amide bonds. The van der Waals surface area contributed by atoms with Gasteiger partial charge in [0, 0.05) is 44.2 Å². The predicted octanol–water partition coefficient (Wildman–Crippen LogP) is 0.292. The highest BCUT2D eigenvalue weighted by atomic mass is 16.2. The highest BCUT2D eigenvalue weighted by Crippen LogP contribution is 2.13. The van der Waals surface area contributed by atoms with Crippen LogP contribution in [0, 0.1) is 0 Å². The number of hydrogen-bond donors (Lipinski definition) is 1. The van der Waals surface area contributed by atoms with Crippen molar-refractivity contribution in [2.45, 2.75) is 38.1 Å². The monoisotopic (exact) mass is 293 g/mol. The normalized spacial score (nSPS) is 21.7. The van der Waals surface area contributed by atoms with Crippen LogP contribution < -0.4 is 5.32 Å². The molecule has 0 spiro atoms. The summed E-state index contributed by atoms with van der Waals surface area (Å²) in [5, 5.41) is 3.20. The molecule has 0 unspecified atom stereocenters. The molecular weight excluding hydrogens is 270 g/mol. The molecule has 116 valence electrons. The molecule has 0 bridgehead atoms. The van der Waals surface area contributed by atoms with Crippen LogP contribution in [0.3, 0.4) is 0 Å². The minimum Gasteiger partial charge on any atom is -0.341 e. The first kappa shape index (κ1) is 15.7. The fourth-order valence-corrected chi connectivity index (χ4v) is 2.75. The first-order chi connectivity index (χ1) is 10.1. The Kier molecular flexibility index (Phi) is 5.50. The number of nitrogens with zero attached hydrogens (tertiary/aromatic N) is 2. The summed E-state index contributed by atoms with van der Waals surface area (Å²) in [4.78, 5) is 37.8. The fraction of sp³-hybridized carbons (Fsp3) is 0.667. The van der Waals surface area contributed by atoms with Crippen molar-refractivity contribution < 1.29 is 14.4 Å². The average molecular weight is 293 g/mol. The quantitative estimate of drug-likeness (QED) is 0.541. The van der Waals surface area contributed by atoms with Crippen molar-refractivity contribution in [1.82, 2.24) is 15.1 Å². The van der Waals surface area contributed by atoms with Gasteiger partial charge in [0.15, 0.2) is 0 Å². The molecule has 0 radical (unpaired) electrons. The number of imide groups is 1. The van der Waals surface area contributed by atoms with E-state index in [1.54, 1.807) is 0 Å². The van der Waals surface area contributed by atoms with Crippen LogP contribution in [-0.2, 0) is 14.4 Å². The number of carbonyl (C=O) groups is 3. The van der Waals surface area contributed by atoms with Gasteiger partial charge in [0.1, 0.15) is 0 Å². The molecule has 1 fully saturated rings. The largest absolute Gasteiger partial charge is 0.341 e. The zero-order valence-electron chi connectivity index (χ0n) is 12.5. The second-order valence-corrected chi connectivity index (χ2v) is 5.59. The second-order valence-electron chi connectivity index (χ2n) is 5.59. The molecule has 1 saturated heterocycles. The summed E-state index contributed by atoms with van der Waals surface area (Å²) in [6, 6.07) is 0.425. The van der Waals surface area contributed by atoms with Crippen LogP contribution in [0.1, 0.15) is 32.1 Å². The lowest BCUT2D eigenvalue weighted by atomic mass is 10.1. The number of unbranched alkanes of at least 4 members (excludes halogenated alkanes) is 2. The Morgan fingerprint density at radius 1 is 1.24 bits per heavy atom. The van der Waals surface area contributed by atoms with Crippen molar-refractivity contribution in [2.75, 3.05) is 26.7 Å². The maximum atomic E-state index is 12.0. The molecule has 6 nitrogen and oxygen atoms in total. The molecule has 0 aromatic rings. The van der Waals surface area contributed by atoms with E-state index in [-0.39, 0.29) is 17.7 Å². The summed E-state index contributed by atoms with van der Waals surface area (Å²) in [6.45, 7) is 2.09. The number of likely N-dealkylation sites (N-methyl/N-ethyl adjacent to an activating group) is 1. The molecule has 2 aliphatic rings. The summed E-state index contributed by atoms with van der Waals surface area (Å²) in [5.74, 6) is -0.250. The van der Waals surface area contributed by atoms with Crippen LogP contribution in [0.15, 0.2) is 12.2 Å². The van der Waals surface area contributed by atoms with Crippen molar-refractivity contribution in [1.29, 1.82) is 0 Å². The third-order valence-corrected chi connectivity index (χ3v) is 4.12. The molecule has 0 aromatic carbocycles. The highest BCUT2D eigenvalue weighted by molar-refractivity contribution is 6.12. The van der Waals surface area contributed by atoms with E-state index in [2.05, 4.69) is 5.32 Å². The number of amides is 3. The molecule has 1 N–H and O–H groups in total. The number of carbonyl (C=O) groups excluding carboxylic acids is 3. The number of likely N-dealkylation sites (tertiary alicyclic amines) is 1. The molecule has 0 saturated carbocycles. The third-order valence-electron chi connectivity index (χ3n) is 4.12. The Balaban J connectivity index is 1.57. The van der Waals surface area contributed by atoms with Crippen molar-refractivity contribution in [3.63, 3.8) is 0 Å². The van der Waals surface area contributed by atoms with Crippen molar-refractivity contribution >= 4 is 17.7 Å². The maximum Gasteiger partial charge on any atom is 0.253 e. The van der Waals surface area contributed by atoms with Crippen LogP contribution in [0.25, 0.3) is 0 Å². The Morgan fingerprint density at radius 3 is 2.57 bits per heavy atom. The van der Waals surface area contributed by atoms with Crippen molar-refractivity contribution in [3.8, 4) is 0 Å². The van der Waals surface area contributed by atoms with Gasteiger partial charge in [0.2, 0.25) is 5.91 Å². The van der Waals surface area contributed by atoms with Crippen LogP contribution in [0.2, 0.25) is 0 Å². The standard InChI is InChI=1S/C15H23N3O3/c1-16-12-8-10-17(11-12)13(19)5-3-2-4-9-18-14(20)6-7-15(18)21/h6-7,12,16H,2-5,8-11H2,1H3/t12-/m1/s1. The van der Waals surface area contributed by atoms with E-state index in [0.29, 0.717) is 19.0 Å². The van der Waals surface area contributed by atoms with Gasteiger partial charge in [0.05, 0.1) is 0 Å². The third kappa shape index (κ3) is 4.14. The first-order valence-corrected chi connectivity index (χ1v) is 7.60. The van der Waals surface area contributed by atoms with E-state index < -0.39 is 0 Å². The van der Waals surface area contributed by atoms with E-state index in [1.165, 1.54) is 17.1 Å². The van der Waals surface area contributed by atoms with Crippen LogP contribution in [-0.4, -0.2) is 60.2 Å². The Morgan fingerprint density at radius 2 is 1.95 bits per heavy atom. The minimum absolute atomic E-state index is 0.211. The van der Waals surface area contributed by atoms with E-state index >= 15 is 0 Å². The van der Waals surface area contributed by atoms with Gasteiger partial charge < -0.3 is 10.2 Å². The van der Waals surface area contributed by atoms with E-state index in [9.17, 15) is 14.4 Å². The molecule has 0 aromatic heterocycles. The average Bonchev–Trinajstić information content (AvgIpc) is 3.07. The lowest BCUT2D eigenvalue weighted by Crippen LogP contribution is -2.33. The van der Waals surface area contributed by atoms with Gasteiger partial charge in [0.25, 0.3) is 11.8 Å². The Labute approximate surface area is 125 Å². The van der Waals surface area contributed by atoms with Gasteiger partial charge in [-0.3, -0.25) is 19.3 Å². The van der Waals surface area contributed by atoms with E-state index in [4.69, 9.17) is 0 Å². The summed E-state index contributed by atoms with van der Waals surface area (Å²) in [5.41, 5.74) is 0. The van der Waals surface area contributed by atoms with Crippen LogP contribution >= 0.6 is 0 Å². The number of rotatable bonds is 7. The zero-order valence-corrected chi connectivity index (χ0v) is 12.5. The highest BCUT2D eigenvalue weighted by Gasteiger charge is 2.25. The van der Waals surface area contributed by atoms with Gasteiger partial charge in [-0.2, -0.15) is 0 Å². The lowest BCUT2D eigenvalue weighted by Gasteiger charge is -2.16. The van der Waals surface area contributed by atoms with E-state index in [1.807, 2.05) is 11.9 Å². The van der Waals surface area contributed by atoms with Gasteiger partial charge in [-0.25, -0.2) is 0 Å². The predicted molar refractivity (Wildman–Crippen MR) is 78.4 cm³/mol. The van der Waals surface area contributed by atoms with Crippen LogP contribution in [0.4, 0.5) is 0 Å². The zero-order chi connectivity index (χ0) is 15.2. The van der Waals surface area contributed by atoms with Gasteiger partial charge in [-0.05, 0) is 26.3 Å². The molecule has 6 heteroatoms. The second kappa shape index (κ2) is 7.36. The molecule has 2 heterocycles. The maximum absolute atomic E-state index is 12.0. The SMILES string of the molecule is CN[C@@H]1CCN(C(=O)CCCCCN2C(=O)C=CC2=O)C1. The van der Waals surface area contributed by atoms with Gasteiger partial charge in [-0.15, -0.1) is 0 Å². The van der Waals surface area contributed by atoms with Crippen molar-refractivity contribution in [3.05, 3.63) is 12.2 Å². The van der Waals surface area contributed by atoms with Gasteiger partial charge in [-0.1, -0.05) is 6.42 Å². The topological polar surface area (TPSA) is 69.7 Å². The molecular formula is C15H23N3O3. The summed E-state index contributed by atoms with van der Waals surface area (Å²) < 4.78 is 0. The molecule has 2 aliphatic heterocycles. The van der Waals surface area contributed by atoms with Crippen LogP contribution in [0.5, 0.6) is 0 Å². The summed E-state index contributed by atoms with van der Waals surface area (Å²) >= 11 is 0. The first-order valence-electron chi connectivity index (χ1n) is 7.60. The smallest absolute Gasteiger partial charge is 0.253 e. The Hall–Kier alpha value is -1.69. The molecule has 21 heavy (non-hydrogen) atoms. The minimum atomic E-state index is -0.230. The van der Waals surface area contributed by atoms with Gasteiger partial charge >= 0.3 is 0 Å². The fourth-order valence-electron chi connectivity index (χ4n) is 2.75. The van der Waals surface area contributed by atoms with E-state index in [0.717, 1.165) is 38.8 Å². The Bertz CT molecular complexity index is 429. The number of nitrogens with one attached hydrogen (secondary N) is 1.